The van der Waals surface area contributed by atoms with E-state index in [0.717, 1.165) is 10.9 Å². The standard InChI is InChI=1S/C10H14BrCl/c1-4-8(2)6-5-7-10(12)9(3)11/h5-8H,3-4H2,1-2H3/b6-5-,10-7+. The summed E-state index contributed by atoms with van der Waals surface area (Å²) in [6.45, 7) is 7.98. The molecule has 0 aliphatic carbocycles. The van der Waals surface area contributed by atoms with Crippen molar-refractivity contribution in [2.45, 2.75) is 20.3 Å². The molecule has 0 nitrogen and oxygen atoms in total. The van der Waals surface area contributed by atoms with Crippen LogP contribution < -0.4 is 0 Å². The van der Waals surface area contributed by atoms with Gasteiger partial charge in [0.25, 0.3) is 0 Å². The van der Waals surface area contributed by atoms with E-state index in [2.05, 4.69) is 42.4 Å². The molecule has 2 heteroatoms. The lowest BCUT2D eigenvalue weighted by Crippen LogP contribution is -1.82. The number of halogens is 2. The minimum atomic E-state index is 0.606. The molecule has 0 bridgehead atoms. The highest BCUT2D eigenvalue weighted by Gasteiger charge is 1.91. The summed E-state index contributed by atoms with van der Waals surface area (Å²) in [6.07, 6.45) is 7.07. The van der Waals surface area contributed by atoms with Crippen molar-refractivity contribution in [3.8, 4) is 0 Å². The van der Waals surface area contributed by atoms with Crippen molar-refractivity contribution < 1.29 is 0 Å². The van der Waals surface area contributed by atoms with Gasteiger partial charge < -0.3 is 0 Å². The summed E-state index contributed by atoms with van der Waals surface area (Å²) in [5.41, 5.74) is 0. The van der Waals surface area contributed by atoms with Gasteiger partial charge >= 0.3 is 0 Å². The van der Waals surface area contributed by atoms with Gasteiger partial charge in [0, 0.05) is 4.48 Å². The van der Waals surface area contributed by atoms with Crippen molar-refractivity contribution in [2.24, 2.45) is 5.92 Å². The molecule has 12 heavy (non-hydrogen) atoms. The quantitative estimate of drug-likeness (QED) is 0.638. The van der Waals surface area contributed by atoms with E-state index in [1.165, 1.54) is 0 Å². The molecule has 0 heterocycles. The van der Waals surface area contributed by atoms with Crippen LogP contribution in [0, 0.1) is 5.92 Å². The van der Waals surface area contributed by atoms with Gasteiger partial charge in [-0.2, -0.15) is 0 Å². The van der Waals surface area contributed by atoms with Crippen molar-refractivity contribution in [1.29, 1.82) is 0 Å². The topological polar surface area (TPSA) is 0 Å². The third kappa shape index (κ3) is 5.62. The van der Waals surface area contributed by atoms with Crippen molar-refractivity contribution in [3.63, 3.8) is 0 Å². The Morgan fingerprint density at radius 1 is 1.67 bits per heavy atom. The Bertz CT molecular complexity index is 204. The Morgan fingerprint density at radius 2 is 2.25 bits per heavy atom. The summed E-state index contributed by atoms with van der Waals surface area (Å²) < 4.78 is 0.720. The second-order valence-corrected chi connectivity index (χ2v) is 4.05. The maximum Gasteiger partial charge on any atom is 0.0541 e. The highest BCUT2D eigenvalue weighted by atomic mass is 79.9. The van der Waals surface area contributed by atoms with Gasteiger partial charge in [0.05, 0.1) is 5.03 Å². The van der Waals surface area contributed by atoms with Gasteiger partial charge in [0.1, 0.15) is 0 Å². The normalized spacial score (nSPS) is 15.2. The minimum Gasteiger partial charge on any atom is -0.0832 e. The molecule has 0 amide bonds. The van der Waals surface area contributed by atoms with Crippen LogP contribution in [0.25, 0.3) is 0 Å². The molecule has 0 N–H and O–H groups in total. The Morgan fingerprint density at radius 3 is 2.67 bits per heavy atom. The molecular formula is C10H14BrCl. The van der Waals surface area contributed by atoms with E-state index in [9.17, 15) is 0 Å². The van der Waals surface area contributed by atoms with Gasteiger partial charge in [-0.15, -0.1) is 0 Å². The van der Waals surface area contributed by atoms with Crippen LogP contribution in [0.2, 0.25) is 0 Å². The Labute approximate surface area is 88.1 Å². The summed E-state index contributed by atoms with van der Waals surface area (Å²) in [4.78, 5) is 0. The van der Waals surface area contributed by atoms with E-state index in [-0.39, 0.29) is 0 Å². The smallest absolute Gasteiger partial charge is 0.0541 e. The lowest BCUT2D eigenvalue weighted by molar-refractivity contribution is 0.698. The lowest BCUT2D eigenvalue weighted by Gasteiger charge is -1.97. The SMILES string of the molecule is C=C(Br)/C(Cl)=C\C=C/C(C)CC. The van der Waals surface area contributed by atoms with Gasteiger partial charge in [-0.3, -0.25) is 0 Å². The predicted molar refractivity (Wildman–Crippen MR) is 60.6 cm³/mol. The summed E-state index contributed by atoms with van der Waals surface area (Å²) in [6, 6.07) is 0. The number of hydrogen-bond acceptors (Lipinski definition) is 0. The molecule has 1 unspecified atom stereocenters. The third-order valence-corrected chi connectivity index (χ3v) is 2.59. The fourth-order valence-electron chi connectivity index (χ4n) is 0.556. The predicted octanol–water partition coefficient (Wildman–Crippen LogP) is 4.62. The first-order valence-electron chi connectivity index (χ1n) is 3.96. The van der Waals surface area contributed by atoms with Crippen LogP contribution in [0.1, 0.15) is 20.3 Å². The fourth-order valence-corrected chi connectivity index (χ4v) is 0.761. The average Bonchev–Trinajstić information content (AvgIpc) is 2.03. The van der Waals surface area contributed by atoms with Crippen LogP contribution in [0.15, 0.2) is 34.3 Å². The summed E-state index contributed by atoms with van der Waals surface area (Å²) >= 11 is 9.00. The number of allylic oxidation sites excluding steroid dienone is 5. The molecule has 68 valence electrons. The first kappa shape index (κ1) is 12.0. The molecular weight excluding hydrogens is 235 g/mol. The molecule has 1 atom stereocenters. The minimum absolute atomic E-state index is 0.606. The molecule has 0 saturated heterocycles. The van der Waals surface area contributed by atoms with Crippen LogP contribution in [0.4, 0.5) is 0 Å². The highest BCUT2D eigenvalue weighted by Crippen LogP contribution is 2.18. The van der Waals surface area contributed by atoms with E-state index < -0.39 is 0 Å². The van der Waals surface area contributed by atoms with Crippen LogP contribution in [0.5, 0.6) is 0 Å². The van der Waals surface area contributed by atoms with E-state index in [1.807, 2.05) is 12.2 Å². The summed E-state index contributed by atoms with van der Waals surface area (Å²) in [5, 5.41) is 0.648. The summed E-state index contributed by atoms with van der Waals surface area (Å²) in [7, 11) is 0. The lowest BCUT2D eigenvalue weighted by atomic mass is 10.1. The molecule has 0 radical (unpaired) electrons. The third-order valence-electron chi connectivity index (χ3n) is 1.59. The molecule has 0 aliphatic rings. The summed E-state index contributed by atoms with van der Waals surface area (Å²) in [5.74, 6) is 0.606. The van der Waals surface area contributed by atoms with Crippen molar-refractivity contribution in [1.82, 2.24) is 0 Å². The maximum absolute atomic E-state index is 5.81. The molecule has 0 aromatic carbocycles. The molecule has 0 aromatic rings. The van der Waals surface area contributed by atoms with Gasteiger partial charge in [-0.1, -0.05) is 50.6 Å². The van der Waals surface area contributed by atoms with Crippen molar-refractivity contribution in [3.05, 3.63) is 34.3 Å². The first-order valence-corrected chi connectivity index (χ1v) is 5.13. The van der Waals surface area contributed by atoms with E-state index in [4.69, 9.17) is 11.6 Å². The molecule has 0 aliphatic heterocycles. The maximum atomic E-state index is 5.81. The van der Waals surface area contributed by atoms with Crippen LogP contribution in [0.3, 0.4) is 0 Å². The highest BCUT2D eigenvalue weighted by molar-refractivity contribution is 9.12. The van der Waals surface area contributed by atoms with Gasteiger partial charge in [0.2, 0.25) is 0 Å². The monoisotopic (exact) mass is 248 g/mol. The number of hydrogen-bond donors (Lipinski definition) is 0. The zero-order valence-corrected chi connectivity index (χ0v) is 9.82. The zero-order chi connectivity index (χ0) is 9.56. The van der Waals surface area contributed by atoms with Crippen LogP contribution in [-0.2, 0) is 0 Å². The van der Waals surface area contributed by atoms with Crippen molar-refractivity contribution in [2.75, 3.05) is 0 Å². The second-order valence-electron chi connectivity index (χ2n) is 2.69. The second kappa shape index (κ2) is 6.50. The van der Waals surface area contributed by atoms with Crippen LogP contribution in [-0.4, -0.2) is 0 Å². The van der Waals surface area contributed by atoms with Gasteiger partial charge in [-0.25, -0.2) is 0 Å². The van der Waals surface area contributed by atoms with E-state index in [1.54, 1.807) is 0 Å². The Kier molecular flexibility index (Phi) is 6.49. The molecule has 0 fully saturated rings. The molecule has 0 spiro atoms. The molecule has 0 saturated carbocycles. The number of rotatable bonds is 4. The van der Waals surface area contributed by atoms with E-state index >= 15 is 0 Å². The largest absolute Gasteiger partial charge is 0.0832 e. The molecule has 0 aromatic heterocycles. The van der Waals surface area contributed by atoms with Crippen LogP contribution >= 0.6 is 27.5 Å². The van der Waals surface area contributed by atoms with Crippen molar-refractivity contribution >= 4 is 27.5 Å². The zero-order valence-electron chi connectivity index (χ0n) is 7.48. The van der Waals surface area contributed by atoms with Gasteiger partial charge in [-0.05, 0) is 27.9 Å². The fraction of sp³-hybridized carbons (Fsp3) is 0.400. The van der Waals surface area contributed by atoms with Gasteiger partial charge in [0.15, 0.2) is 0 Å². The Hall–Kier alpha value is -0.0100. The van der Waals surface area contributed by atoms with E-state index in [0.29, 0.717) is 11.0 Å². The average molecular weight is 250 g/mol. The first-order chi connectivity index (χ1) is 5.57. The molecule has 0 rings (SSSR count). The Balaban J connectivity index is 4.03.